The van der Waals surface area contributed by atoms with E-state index in [4.69, 9.17) is 5.73 Å². The van der Waals surface area contributed by atoms with Crippen molar-refractivity contribution in [2.24, 2.45) is 0 Å². The smallest absolute Gasteiger partial charge is 0.266 e. The number of halogens is 3. The summed E-state index contributed by atoms with van der Waals surface area (Å²) < 4.78 is 39.5. The van der Waals surface area contributed by atoms with Crippen molar-refractivity contribution in [2.75, 3.05) is 11.1 Å². The number of hydrogen-bond donors (Lipinski definition) is 2. The normalized spacial score (nSPS) is 12.5. The number of aryl methyl sites for hydroxylation is 1. The predicted molar refractivity (Wildman–Crippen MR) is 74.6 cm³/mol. The first kappa shape index (κ1) is 15.1. The molecule has 0 aliphatic heterocycles. The standard InChI is InChI=1S/C14H15F3N4/c1-7(20-14-11(18)6-19-8(2)21-14)9-4-3-5-10(12(9)15)13(16)17/h3-7,13H,18H2,1-2H3,(H,19,20,21)/t7-/m1/s1. The van der Waals surface area contributed by atoms with Gasteiger partial charge in [-0.15, -0.1) is 0 Å². The van der Waals surface area contributed by atoms with Crippen LogP contribution in [0.1, 0.15) is 36.3 Å². The van der Waals surface area contributed by atoms with Gasteiger partial charge in [-0.2, -0.15) is 0 Å². The molecule has 0 saturated carbocycles. The molecule has 21 heavy (non-hydrogen) atoms. The second-order valence-electron chi connectivity index (χ2n) is 4.64. The zero-order valence-corrected chi connectivity index (χ0v) is 11.6. The highest BCUT2D eigenvalue weighted by atomic mass is 19.3. The maximum absolute atomic E-state index is 14.1. The fourth-order valence-corrected chi connectivity index (χ4v) is 1.95. The summed E-state index contributed by atoms with van der Waals surface area (Å²) in [6, 6.07) is 3.34. The average molecular weight is 296 g/mol. The second-order valence-corrected chi connectivity index (χ2v) is 4.64. The minimum Gasteiger partial charge on any atom is -0.394 e. The van der Waals surface area contributed by atoms with Crippen LogP contribution >= 0.6 is 0 Å². The van der Waals surface area contributed by atoms with Crippen molar-refractivity contribution < 1.29 is 13.2 Å². The van der Waals surface area contributed by atoms with Gasteiger partial charge in [0.2, 0.25) is 0 Å². The van der Waals surface area contributed by atoms with Gasteiger partial charge in [0.1, 0.15) is 11.6 Å². The van der Waals surface area contributed by atoms with E-state index in [1.807, 2.05) is 0 Å². The third-order valence-electron chi connectivity index (χ3n) is 3.05. The number of benzene rings is 1. The molecule has 1 aromatic carbocycles. The van der Waals surface area contributed by atoms with Gasteiger partial charge in [0.05, 0.1) is 23.5 Å². The summed E-state index contributed by atoms with van der Waals surface area (Å²) in [6.07, 6.45) is -1.42. The van der Waals surface area contributed by atoms with Crippen LogP contribution in [0.5, 0.6) is 0 Å². The van der Waals surface area contributed by atoms with Gasteiger partial charge < -0.3 is 11.1 Å². The van der Waals surface area contributed by atoms with Gasteiger partial charge in [0.15, 0.2) is 5.82 Å². The molecule has 2 aromatic rings. The van der Waals surface area contributed by atoms with Crippen molar-refractivity contribution in [1.29, 1.82) is 0 Å². The molecule has 7 heteroatoms. The Labute approximate surface area is 120 Å². The van der Waals surface area contributed by atoms with E-state index >= 15 is 0 Å². The lowest BCUT2D eigenvalue weighted by atomic mass is 10.0. The predicted octanol–water partition coefficient (Wildman–Crippen LogP) is 3.62. The fourth-order valence-electron chi connectivity index (χ4n) is 1.95. The van der Waals surface area contributed by atoms with E-state index in [1.165, 1.54) is 18.3 Å². The van der Waals surface area contributed by atoms with Gasteiger partial charge in [-0.1, -0.05) is 18.2 Å². The molecule has 1 aromatic heterocycles. The van der Waals surface area contributed by atoms with Crippen molar-refractivity contribution in [2.45, 2.75) is 26.3 Å². The first-order chi connectivity index (χ1) is 9.90. The molecule has 0 saturated heterocycles. The van der Waals surface area contributed by atoms with Crippen LogP contribution in [-0.4, -0.2) is 9.97 Å². The first-order valence-corrected chi connectivity index (χ1v) is 6.32. The largest absolute Gasteiger partial charge is 0.394 e. The molecule has 0 bridgehead atoms. The third-order valence-corrected chi connectivity index (χ3v) is 3.05. The van der Waals surface area contributed by atoms with Gasteiger partial charge in [-0.25, -0.2) is 23.1 Å². The van der Waals surface area contributed by atoms with E-state index in [0.29, 0.717) is 17.3 Å². The molecule has 0 radical (unpaired) electrons. The fraction of sp³-hybridized carbons (Fsp3) is 0.286. The molecule has 0 spiro atoms. The topological polar surface area (TPSA) is 63.8 Å². The quantitative estimate of drug-likeness (QED) is 0.904. The van der Waals surface area contributed by atoms with E-state index < -0.39 is 23.8 Å². The highest BCUT2D eigenvalue weighted by Gasteiger charge is 2.20. The van der Waals surface area contributed by atoms with E-state index in [0.717, 1.165) is 6.07 Å². The zero-order chi connectivity index (χ0) is 15.6. The first-order valence-electron chi connectivity index (χ1n) is 6.32. The molecule has 112 valence electrons. The SMILES string of the molecule is Cc1ncc(N)c(N[C@H](C)c2cccc(C(F)F)c2F)n1. The van der Waals surface area contributed by atoms with E-state index in [2.05, 4.69) is 15.3 Å². The Morgan fingerprint density at radius 1 is 1.24 bits per heavy atom. The van der Waals surface area contributed by atoms with Gasteiger partial charge in [0.25, 0.3) is 6.43 Å². The molecule has 1 heterocycles. The molecule has 4 nitrogen and oxygen atoms in total. The minimum atomic E-state index is -2.86. The molecule has 0 amide bonds. The average Bonchev–Trinajstić information content (AvgIpc) is 2.42. The third kappa shape index (κ3) is 3.24. The number of rotatable bonds is 4. The lowest BCUT2D eigenvalue weighted by Gasteiger charge is -2.18. The van der Waals surface area contributed by atoms with Crippen LogP contribution < -0.4 is 11.1 Å². The van der Waals surface area contributed by atoms with Crippen LogP contribution in [-0.2, 0) is 0 Å². The number of nitrogens with two attached hydrogens (primary N) is 1. The maximum Gasteiger partial charge on any atom is 0.266 e. The number of nitrogens with one attached hydrogen (secondary N) is 1. The van der Waals surface area contributed by atoms with Gasteiger partial charge in [-0.05, 0) is 13.8 Å². The van der Waals surface area contributed by atoms with Crippen LogP contribution in [0.2, 0.25) is 0 Å². The summed E-state index contributed by atoms with van der Waals surface area (Å²) in [5, 5.41) is 2.91. The van der Waals surface area contributed by atoms with E-state index in [9.17, 15) is 13.2 Å². The van der Waals surface area contributed by atoms with Gasteiger partial charge >= 0.3 is 0 Å². The lowest BCUT2D eigenvalue weighted by Crippen LogP contribution is -2.13. The van der Waals surface area contributed by atoms with Crippen LogP contribution in [0.15, 0.2) is 24.4 Å². The summed E-state index contributed by atoms with van der Waals surface area (Å²) in [5.41, 5.74) is 5.54. The van der Waals surface area contributed by atoms with Crippen LogP contribution in [0.3, 0.4) is 0 Å². The molecule has 0 aliphatic carbocycles. The molecular formula is C14H15F3N4. The second kappa shape index (κ2) is 5.99. The minimum absolute atomic E-state index is 0.128. The molecule has 1 atom stereocenters. The number of hydrogen-bond acceptors (Lipinski definition) is 4. The maximum atomic E-state index is 14.1. The molecule has 0 aliphatic rings. The summed E-state index contributed by atoms with van der Waals surface area (Å²) in [6.45, 7) is 3.33. The van der Waals surface area contributed by atoms with Gasteiger partial charge in [-0.3, -0.25) is 0 Å². The Kier molecular flexibility index (Phi) is 4.30. The van der Waals surface area contributed by atoms with Crippen molar-refractivity contribution in [1.82, 2.24) is 9.97 Å². The number of anilines is 2. The summed E-state index contributed by atoms with van der Waals surface area (Å²) in [7, 11) is 0. The van der Waals surface area contributed by atoms with E-state index in [-0.39, 0.29) is 5.56 Å². The number of nitrogens with zero attached hydrogens (tertiary/aromatic N) is 2. The van der Waals surface area contributed by atoms with Crippen LogP contribution in [0.25, 0.3) is 0 Å². The molecule has 3 N–H and O–H groups in total. The summed E-state index contributed by atoms with van der Waals surface area (Å²) in [4.78, 5) is 8.03. The summed E-state index contributed by atoms with van der Waals surface area (Å²) in [5.74, 6) is -0.0746. The van der Waals surface area contributed by atoms with E-state index in [1.54, 1.807) is 13.8 Å². The van der Waals surface area contributed by atoms with Crippen LogP contribution in [0, 0.1) is 12.7 Å². The number of alkyl halides is 2. The Bertz CT molecular complexity index is 646. The highest BCUT2D eigenvalue weighted by molar-refractivity contribution is 5.60. The van der Waals surface area contributed by atoms with Crippen molar-refractivity contribution >= 4 is 11.5 Å². The molecule has 2 rings (SSSR count). The number of nitrogen functional groups attached to an aromatic ring is 1. The van der Waals surface area contributed by atoms with Crippen molar-refractivity contribution in [3.63, 3.8) is 0 Å². The zero-order valence-electron chi connectivity index (χ0n) is 11.6. The van der Waals surface area contributed by atoms with Crippen molar-refractivity contribution in [3.05, 3.63) is 47.2 Å². The Balaban J connectivity index is 2.30. The Hall–Kier alpha value is -2.31. The summed E-state index contributed by atoms with van der Waals surface area (Å²) >= 11 is 0. The Morgan fingerprint density at radius 3 is 2.57 bits per heavy atom. The lowest BCUT2D eigenvalue weighted by molar-refractivity contribution is 0.146. The monoisotopic (exact) mass is 296 g/mol. The molecular weight excluding hydrogens is 281 g/mol. The van der Waals surface area contributed by atoms with Gasteiger partial charge in [0, 0.05) is 5.56 Å². The Morgan fingerprint density at radius 2 is 1.90 bits per heavy atom. The van der Waals surface area contributed by atoms with Crippen LogP contribution in [0.4, 0.5) is 24.7 Å². The number of aromatic nitrogens is 2. The highest BCUT2D eigenvalue weighted by Crippen LogP contribution is 2.29. The molecule has 0 fully saturated rings. The molecule has 0 unspecified atom stereocenters. The van der Waals surface area contributed by atoms with Crippen molar-refractivity contribution in [3.8, 4) is 0 Å².